The SMILES string of the molecule is CCc1nnc(N2C(=O)c3oc4cc(OC)ccc4c(=O)c3C2c2ccccc2F)s1. The molecule has 0 N–H and O–H groups in total. The first-order chi connectivity index (χ1) is 15.0. The van der Waals surface area contributed by atoms with Gasteiger partial charge < -0.3 is 9.15 Å². The lowest BCUT2D eigenvalue weighted by molar-refractivity contribution is 0.0970. The third-order valence-electron chi connectivity index (χ3n) is 5.24. The van der Waals surface area contributed by atoms with Crippen molar-refractivity contribution in [1.82, 2.24) is 10.2 Å². The molecule has 0 spiro atoms. The van der Waals surface area contributed by atoms with E-state index < -0.39 is 23.2 Å². The Hall–Kier alpha value is -3.59. The van der Waals surface area contributed by atoms with Gasteiger partial charge in [-0.05, 0) is 24.6 Å². The predicted octanol–water partition coefficient (Wildman–Crippen LogP) is 4.10. The Morgan fingerprint density at radius 2 is 2.00 bits per heavy atom. The first-order valence-electron chi connectivity index (χ1n) is 9.58. The van der Waals surface area contributed by atoms with Gasteiger partial charge in [-0.3, -0.25) is 14.5 Å². The lowest BCUT2D eigenvalue weighted by Crippen LogP contribution is -2.30. The largest absolute Gasteiger partial charge is 0.497 e. The summed E-state index contributed by atoms with van der Waals surface area (Å²) in [7, 11) is 1.49. The fraction of sp³-hybridized carbons (Fsp3) is 0.182. The molecule has 0 saturated carbocycles. The molecular formula is C22H16FN3O4S. The van der Waals surface area contributed by atoms with E-state index in [9.17, 15) is 14.0 Å². The van der Waals surface area contributed by atoms with E-state index in [0.717, 1.165) is 5.01 Å². The summed E-state index contributed by atoms with van der Waals surface area (Å²) in [5.74, 6) is -0.746. The highest BCUT2D eigenvalue weighted by Gasteiger charge is 2.46. The van der Waals surface area contributed by atoms with Crippen molar-refractivity contribution in [3.8, 4) is 5.75 Å². The molecule has 1 aliphatic heterocycles. The number of aromatic nitrogens is 2. The van der Waals surface area contributed by atoms with Gasteiger partial charge in [0.1, 0.15) is 28.2 Å². The van der Waals surface area contributed by atoms with Crippen LogP contribution in [0.3, 0.4) is 0 Å². The normalized spacial score (nSPS) is 15.5. The van der Waals surface area contributed by atoms with Crippen LogP contribution in [-0.2, 0) is 6.42 Å². The van der Waals surface area contributed by atoms with Crippen molar-refractivity contribution in [2.45, 2.75) is 19.4 Å². The van der Waals surface area contributed by atoms with Crippen molar-refractivity contribution in [3.05, 3.63) is 80.4 Å². The number of ether oxygens (including phenoxy) is 1. The van der Waals surface area contributed by atoms with E-state index in [4.69, 9.17) is 9.15 Å². The van der Waals surface area contributed by atoms with Gasteiger partial charge in [0.05, 0.1) is 18.1 Å². The number of carbonyl (C=O) groups excluding carboxylic acids is 1. The molecule has 0 radical (unpaired) electrons. The molecule has 0 fully saturated rings. The first-order valence-corrected chi connectivity index (χ1v) is 10.4. The lowest BCUT2D eigenvalue weighted by atomic mass is 9.98. The Labute approximate surface area is 179 Å². The maximum absolute atomic E-state index is 14.8. The minimum absolute atomic E-state index is 0.0843. The monoisotopic (exact) mass is 437 g/mol. The third-order valence-corrected chi connectivity index (χ3v) is 6.31. The highest BCUT2D eigenvalue weighted by molar-refractivity contribution is 7.15. The van der Waals surface area contributed by atoms with Crippen LogP contribution in [0.2, 0.25) is 0 Å². The number of hydrogen-bond donors (Lipinski definition) is 0. The summed E-state index contributed by atoms with van der Waals surface area (Å²) in [5.41, 5.74) is 0.0874. The molecule has 2 aromatic carbocycles. The Morgan fingerprint density at radius 1 is 1.19 bits per heavy atom. The molecule has 1 unspecified atom stereocenters. The molecule has 156 valence electrons. The molecule has 0 bridgehead atoms. The van der Waals surface area contributed by atoms with Gasteiger partial charge in [0.15, 0.2) is 5.43 Å². The second kappa shape index (κ2) is 7.28. The van der Waals surface area contributed by atoms with Crippen molar-refractivity contribution in [2.24, 2.45) is 0 Å². The molecule has 3 heterocycles. The van der Waals surface area contributed by atoms with Crippen LogP contribution in [0.15, 0.2) is 51.7 Å². The Morgan fingerprint density at radius 3 is 2.71 bits per heavy atom. The van der Waals surface area contributed by atoms with E-state index >= 15 is 0 Å². The van der Waals surface area contributed by atoms with E-state index in [2.05, 4.69) is 10.2 Å². The summed E-state index contributed by atoms with van der Waals surface area (Å²) in [6.45, 7) is 1.92. The van der Waals surface area contributed by atoms with Gasteiger partial charge in [0.25, 0.3) is 5.91 Å². The summed E-state index contributed by atoms with van der Waals surface area (Å²) in [6, 6.07) is 9.80. The van der Waals surface area contributed by atoms with Gasteiger partial charge in [-0.1, -0.05) is 36.5 Å². The summed E-state index contributed by atoms with van der Waals surface area (Å²) in [5, 5.41) is 9.49. The smallest absolute Gasteiger partial charge is 0.297 e. The number of carbonyl (C=O) groups is 1. The Kier molecular flexibility index (Phi) is 4.55. The molecule has 0 saturated heterocycles. The van der Waals surface area contributed by atoms with E-state index in [0.29, 0.717) is 12.2 Å². The molecule has 4 aromatic rings. The summed E-state index contributed by atoms with van der Waals surface area (Å²) in [6.07, 6.45) is 0.637. The molecule has 5 rings (SSSR count). The lowest BCUT2D eigenvalue weighted by Gasteiger charge is -2.22. The van der Waals surface area contributed by atoms with Crippen LogP contribution in [0.1, 0.15) is 39.7 Å². The number of methoxy groups -OCH3 is 1. The molecule has 7 nitrogen and oxygen atoms in total. The fourth-order valence-electron chi connectivity index (χ4n) is 3.75. The number of nitrogens with zero attached hydrogens (tertiary/aromatic N) is 3. The molecule has 0 aliphatic carbocycles. The summed E-state index contributed by atoms with van der Waals surface area (Å²) >= 11 is 1.22. The van der Waals surface area contributed by atoms with Crippen LogP contribution in [-0.4, -0.2) is 23.2 Å². The minimum Gasteiger partial charge on any atom is -0.497 e. The standard InChI is InChI=1S/C22H16FN3O4S/c1-3-16-24-25-22(31-16)26-18(12-6-4-5-7-14(12)23)17-19(27)13-9-8-11(29-2)10-15(13)30-20(17)21(26)28/h4-10,18H,3H2,1-2H3. The first kappa shape index (κ1) is 19.4. The number of rotatable bonds is 4. The van der Waals surface area contributed by atoms with E-state index in [1.54, 1.807) is 36.4 Å². The van der Waals surface area contributed by atoms with Crippen LogP contribution >= 0.6 is 11.3 Å². The van der Waals surface area contributed by atoms with Crippen LogP contribution in [0.25, 0.3) is 11.0 Å². The molecule has 1 aliphatic rings. The van der Waals surface area contributed by atoms with Crippen molar-refractivity contribution in [2.75, 3.05) is 12.0 Å². The zero-order chi connectivity index (χ0) is 21.7. The van der Waals surface area contributed by atoms with Crippen LogP contribution in [0.5, 0.6) is 5.75 Å². The number of benzene rings is 2. The second-order valence-electron chi connectivity index (χ2n) is 6.97. The zero-order valence-corrected chi connectivity index (χ0v) is 17.4. The number of halogens is 1. The Bertz CT molecular complexity index is 1400. The minimum atomic E-state index is -1.01. The number of hydrogen-bond acceptors (Lipinski definition) is 7. The quantitative estimate of drug-likeness (QED) is 0.478. The van der Waals surface area contributed by atoms with Gasteiger partial charge in [-0.25, -0.2) is 4.39 Å². The average molecular weight is 437 g/mol. The highest BCUT2D eigenvalue weighted by atomic mass is 32.1. The van der Waals surface area contributed by atoms with Gasteiger partial charge in [-0.15, -0.1) is 10.2 Å². The van der Waals surface area contributed by atoms with E-state index in [1.165, 1.54) is 29.4 Å². The molecule has 1 atom stereocenters. The van der Waals surface area contributed by atoms with Crippen molar-refractivity contribution >= 4 is 33.3 Å². The Balaban J connectivity index is 1.81. The van der Waals surface area contributed by atoms with E-state index in [1.807, 2.05) is 6.92 Å². The molecule has 2 aromatic heterocycles. The fourth-order valence-corrected chi connectivity index (χ4v) is 4.56. The summed E-state index contributed by atoms with van der Waals surface area (Å²) in [4.78, 5) is 28.2. The van der Waals surface area contributed by atoms with E-state index in [-0.39, 0.29) is 33.0 Å². The zero-order valence-electron chi connectivity index (χ0n) is 16.6. The van der Waals surface area contributed by atoms with Crippen LogP contribution in [0.4, 0.5) is 9.52 Å². The summed E-state index contributed by atoms with van der Waals surface area (Å²) < 4.78 is 25.9. The average Bonchev–Trinajstić information content (AvgIpc) is 3.36. The molecule has 1 amide bonds. The predicted molar refractivity (Wildman–Crippen MR) is 113 cm³/mol. The van der Waals surface area contributed by atoms with Gasteiger partial charge in [-0.2, -0.15) is 0 Å². The van der Waals surface area contributed by atoms with Crippen molar-refractivity contribution in [3.63, 3.8) is 0 Å². The number of aryl methyl sites for hydroxylation is 1. The highest BCUT2D eigenvalue weighted by Crippen LogP contribution is 2.43. The number of amides is 1. The maximum Gasteiger partial charge on any atom is 0.297 e. The van der Waals surface area contributed by atoms with Crippen molar-refractivity contribution < 1.29 is 18.3 Å². The van der Waals surface area contributed by atoms with Gasteiger partial charge in [0.2, 0.25) is 10.9 Å². The van der Waals surface area contributed by atoms with Crippen LogP contribution < -0.4 is 15.1 Å². The van der Waals surface area contributed by atoms with Crippen LogP contribution in [0, 0.1) is 5.82 Å². The molecule has 31 heavy (non-hydrogen) atoms. The maximum atomic E-state index is 14.8. The third kappa shape index (κ3) is 2.92. The van der Waals surface area contributed by atoms with Gasteiger partial charge in [0, 0.05) is 11.6 Å². The second-order valence-corrected chi connectivity index (χ2v) is 8.01. The topological polar surface area (TPSA) is 85.5 Å². The van der Waals surface area contributed by atoms with Crippen molar-refractivity contribution in [1.29, 1.82) is 0 Å². The number of fused-ring (bicyclic) bond motifs is 2. The van der Waals surface area contributed by atoms with Gasteiger partial charge >= 0.3 is 0 Å². The molecular weight excluding hydrogens is 421 g/mol. The number of anilines is 1. The molecule has 9 heteroatoms.